The third-order valence-corrected chi connectivity index (χ3v) is 4.19. The van der Waals surface area contributed by atoms with E-state index in [-0.39, 0.29) is 0 Å². The molecule has 2 aliphatic carbocycles. The first-order valence-electron chi connectivity index (χ1n) is 8.60. The largest absolute Gasteiger partial charge is 0.256 e. The Bertz CT molecular complexity index is 937. The predicted octanol–water partition coefficient (Wildman–Crippen LogP) is 6.29. The van der Waals surface area contributed by atoms with Crippen LogP contribution in [0.3, 0.4) is 0 Å². The first-order valence-corrected chi connectivity index (χ1v) is 8.60. The number of benzene rings is 2. The van der Waals surface area contributed by atoms with Crippen LogP contribution >= 0.6 is 0 Å². The van der Waals surface area contributed by atoms with Crippen LogP contribution in [0.15, 0.2) is 107 Å². The van der Waals surface area contributed by atoms with E-state index >= 15 is 0 Å². The number of rotatable bonds is 4. The number of nitrogens with zero attached hydrogens (tertiary/aromatic N) is 2. The monoisotopic (exact) mass is 334 g/mol. The standard InChI is InChI=1S/C24H18N2/c1-4-10-21(11-5-1)25-17-19-16-20(18-26-22-12-6-2-7-13-22)24-15-9-3-8-14-23(19)24/h1-18H/b25-17+,26-18+. The molecule has 2 heteroatoms. The van der Waals surface area contributed by atoms with Gasteiger partial charge < -0.3 is 0 Å². The van der Waals surface area contributed by atoms with E-state index in [4.69, 9.17) is 0 Å². The molecule has 26 heavy (non-hydrogen) atoms. The van der Waals surface area contributed by atoms with Crippen LogP contribution in [0.5, 0.6) is 0 Å². The minimum Gasteiger partial charge on any atom is -0.256 e. The summed E-state index contributed by atoms with van der Waals surface area (Å²) in [7, 11) is 0. The molecule has 0 fully saturated rings. The molecule has 0 bridgehead atoms. The summed E-state index contributed by atoms with van der Waals surface area (Å²) < 4.78 is 0. The zero-order valence-electron chi connectivity index (χ0n) is 14.3. The molecule has 2 nitrogen and oxygen atoms in total. The molecule has 124 valence electrons. The third kappa shape index (κ3) is 3.60. The van der Waals surface area contributed by atoms with E-state index < -0.39 is 0 Å². The van der Waals surface area contributed by atoms with E-state index in [2.05, 4.69) is 40.3 Å². The van der Waals surface area contributed by atoms with Gasteiger partial charge in [-0.15, -0.1) is 0 Å². The van der Waals surface area contributed by atoms with Gasteiger partial charge in [0, 0.05) is 23.6 Å². The predicted molar refractivity (Wildman–Crippen MR) is 110 cm³/mol. The van der Waals surface area contributed by atoms with Crippen LogP contribution in [-0.2, 0) is 0 Å². The summed E-state index contributed by atoms with van der Waals surface area (Å²) in [6.07, 6.45) is 3.86. The van der Waals surface area contributed by atoms with Crippen LogP contribution in [0.25, 0.3) is 11.1 Å². The summed E-state index contributed by atoms with van der Waals surface area (Å²) in [4.78, 5) is 9.22. The molecule has 0 saturated carbocycles. The molecule has 0 unspecified atom stereocenters. The van der Waals surface area contributed by atoms with E-state index in [1.54, 1.807) is 0 Å². The van der Waals surface area contributed by atoms with Crippen molar-refractivity contribution in [2.75, 3.05) is 0 Å². The number of fused-ring (bicyclic) bond motifs is 1. The van der Waals surface area contributed by atoms with Gasteiger partial charge in [-0.1, -0.05) is 66.7 Å². The Kier molecular flexibility index (Phi) is 4.66. The zero-order chi connectivity index (χ0) is 17.6. The Morgan fingerprint density at radius 1 is 0.462 bits per heavy atom. The zero-order valence-corrected chi connectivity index (χ0v) is 14.3. The molecule has 0 N–H and O–H groups in total. The van der Waals surface area contributed by atoms with Gasteiger partial charge in [-0.05, 0) is 41.5 Å². The number of hydrogen-bond donors (Lipinski definition) is 0. The summed E-state index contributed by atoms with van der Waals surface area (Å²) in [6, 6.07) is 32.5. The Balaban J connectivity index is 1.73. The fraction of sp³-hybridized carbons (Fsp3) is 0. The highest BCUT2D eigenvalue weighted by Gasteiger charge is 2.12. The molecule has 0 aliphatic heterocycles. The maximum atomic E-state index is 4.61. The quantitative estimate of drug-likeness (QED) is 0.392. The second-order valence-corrected chi connectivity index (χ2v) is 5.98. The first kappa shape index (κ1) is 16.0. The summed E-state index contributed by atoms with van der Waals surface area (Å²) in [5.74, 6) is 0. The first-order chi connectivity index (χ1) is 12.9. The molecule has 0 amide bonds. The lowest BCUT2D eigenvalue weighted by molar-refractivity contribution is 1.53. The molecule has 0 spiro atoms. The van der Waals surface area contributed by atoms with E-state index in [9.17, 15) is 0 Å². The van der Waals surface area contributed by atoms with Crippen molar-refractivity contribution < 1.29 is 0 Å². The van der Waals surface area contributed by atoms with Gasteiger partial charge in [-0.3, -0.25) is 9.98 Å². The van der Waals surface area contributed by atoms with Crippen molar-refractivity contribution in [1.82, 2.24) is 0 Å². The fourth-order valence-corrected chi connectivity index (χ4v) is 2.90. The Hall–Kier alpha value is -3.52. The second-order valence-electron chi connectivity index (χ2n) is 5.98. The molecule has 0 atom stereocenters. The van der Waals surface area contributed by atoms with Crippen molar-refractivity contribution in [3.05, 3.63) is 108 Å². The number of hydrogen-bond acceptors (Lipinski definition) is 2. The third-order valence-electron chi connectivity index (χ3n) is 4.19. The van der Waals surface area contributed by atoms with Gasteiger partial charge in [-0.25, -0.2) is 0 Å². The number of para-hydroxylation sites is 2. The lowest BCUT2D eigenvalue weighted by Gasteiger charge is -1.97. The van der Waals surface area contributed by atoms with E-state index in [0.717, 1.165) is 22.5 Å². The molecular weight excluding hydrogens is 316 g/mol. The molecule has 2 aromatic carbocycles. The molecule has 0 aromatic heterocycles. The van der Waals surface area contributed by atoms with Gasteiger partial charge in [0.1, 0.15) is 0 Å². The van der Waals surface area contributed by atoms with Gasteiger partial charge in [0.2, 0.25) is 0 Å². The second kappa shape index (κ2) is 7.58. The van der Waals surface area contributed by atoms with Gasteiger partial charge in [0.05, 0.1) is 11.4 Å². The van der Waals surface area contributed by atoms with E-state index in [1.165, 1.54) is 11.1 Å². The highest BCUT2D eigenvalue weighted by atomic mass is 14.7. The van der Waals surface area contributed by atoms with Crippen molar-refractivity contribution in [3.63, 3.8) is 0 Å². The number of aliphatic imine (C=N–C) groups is 2. The van der Waals surface area contributed by atoms with Gasteiger partial charge in [0.25, 0.3) is 0 Å². The molecule has 0 radical (unpaired) electrons. The van der Waals surface area contributed by atoms with Gasteiger partial charge >= 0.3 is 0 Å². The summed E-state index contributed by atoms with van der Waals surface area (Å²) in [5.41, 5.74) is 6.42. The maximum absolute atomic E-state index is 4.61. The van der Waals surface area contributed by atoms with Crippen LogP contribution in [-0.4, -0.2) is 12.4 Å². The fourth-order valence-electron chi connectivity index (χ4n) is 2.90. The molecule has 0 heterocycles. The average molecular weight is 334 g/mol. The minimum absolute atomic E-state index is 0.946. The van der Waals surface area contributed by atoms with Gasteiger partial charge in [-0.2, -0.15) is 0 Å². The molecule has 2 aliphatic rings. The molecule has 2 aromatic rings. The summed E-state index contributed by atoms with van der Waals surface area (Å²) in [5, 5.41) is 0. The van der Waals surface area contributed by atoms with Crippen molar-refractivity contribution in [1.29, 1.82) is 0 Å². The van der Waals surface area contributed by atoms with Crippen LogP contribution in [0.4, 0.5) is 11.4 Å². The Labute approximate surface area is 153 Å². The van der Waals surface area contributed by atoms with E-state index in [1.807, 2.05) is 79.2 Å². The highest BCUT2D eigenvalue weighted by molar-refractivity contribution is 6.02. The van der Waals surface area contributed by atoms with Gasteiger partial charge in [0.15, 0.2) is 0 Å². The molecule has 0 saturated heterocycles. The summed E-state index contributed by atoms with van der Waals surface area (Å²) in [6.45, 7) is 0. The van der Waals surface area contributed by atoms with Crippen LogP contribution in [0, 0.1) is 0 Å². The normalized spacial score (nSPS) is 11.5. The SMILES string of the molecule is C(=N\c1ccccc1)/c1cc(/C=N/c2ccccc2)c2cccccc1-2. The summed E-state index contributed by atoms with van der Waals surface area (Å²) >= 11 is 0. The molecular formula is C24H18N2. The maximum Gasteiger partial charge on any atom is 0.0629 e. The highest BCUT2D eigenvalue weighted by Crippen LogP contribution is 2.30. The van der Waals surface area contributed by atoms with E-state index in [0.29, 0.717) is 0 Å². The van der Waals surface area contributed by atoms with Crippen molar-refractivity contribution in [3.8, 4) is 11.1 Å². The van der Waals surface area contributed by atoms with Crippen LogP contribution < -0.4 is 0 Å². The van der Waals surface area contributed by atoms with Crippen molar-refractivity contribution >= 4 is 23.8 Å². The van der Waals surface area contributed by atoms with Crippen LogP contribution in [0.2, 0.25) is 0 Å². The lowest BCUT2D eigenvalue weighted by Crippen LogP contribution is -1.79. The Morgan fingerprint density at radius 3 is 1.27 bits per heavy atom. The molecule has 4 rings (SSSR count). The average Bonchev–Trinajstić information content (AvgIpc) is 2.86. The lowest BCUT2D eigenvalue weighted by atomic mass is 10.1. The Morgan fingerprint density at radius 2 is 0.846 bits per heavy atom. The van der Waals surface area contributed by atoms with Crippen molar-refractivity contribution in [2.45, 2.75) is 0 Å². The minimum atomic E-state index is 0.946. The van der Waals surface area contributed by atoms with Crippen molar-refractivity contribution in [2.24, 2.45) is 9.98 Å². The van der Waals surface area contributed by atoms with Crippen LogP contribution in [0.1, 0.15) is 11.1 Å². The topological polar surface area (TPSA) is 24.7 Å². The smallest absolute Gasteiger partial charge is 0.0629 e.